The van der Waals surface area contributed by atoms with Crippen LogP contribution in [0.25, 0.3) is 0 Å². The summed E-state index contributed by atoms with van der Waals surface area (Å²) in [5.74, 6) is -5.06. The van der Waals surface area contributed by atoms with E-state index >= 15 is 0 Å². The molecule has 1 aliphatic heterocycles. The van der Waals surface area contributed by atoms with E-state index in [1.54, 1.807) is 0 Å². The van der Waals surface area contributed by atoms with Gasteiger partial charge < -0.3 is 20.4 Å². The number of nitrogens with zero attached hydrogens (tertiary/aromatic N) is 1. The van der Waals surface area contributed by atoms with Gasteiger partial charge in [-0.25, -0.2) is 9.59 Å². The lowest BCUT2D eigenvalue weighted by atomic mass is 9.86. The zero-order valence-electron chi connectivity index (χ0n) is 8.16. The van der Waals surface area contributed by atoms with Crippen LogP contribution >= 0.6 is 0 Å². The Balaban J connectivity index is 3.18. The molecule has 0 aromatic heterocycles. The van der Waals surface area contributed by atoms with Gasteiger partial charge in [0.05, 0.1) is 0 Å². The molecule has 1 rings (SSSR count). The molecule has 0 bridgehead atoms. The molecule has 8 heteroatoms. The van der Waals surface area contributed by atoms with Crippen LogP contribution in [0, 0.1) is 5.92 Å². The Kier molecular flexibility index (Phi) is 3.04. The molecule has 0 saturated carbocycles. The van der Waals surface area contributed by atoms with Crippen LogP contribution in [-0.2, 0) is 9.59 Å². The van der Waals surface area contributed by atoms with E-state index < -0.39 is 29.7 Å². The summed E-state index contributed by atoms with van der Waals surface area (Å²) < 4.78 is 0. The summed E-state index contributed by atoms with van der Waals surface area (Å²) in [4.78, 5) is 32.7. The first-order valence-electron chi connectivity index (χ1n) is 4.51. The van der Waals surface area contributed by atoms with Gasteiger partial charge in [-0.05, 0) is 12.8 Å². The topological polar surface area (TPSA) is 135 Å². The summed E-state index contributed by atoms with van der Waals surface area (Å²) in [6.45, 7) is -0.206. The fraction of sp³-hybridized carbons (Fsp3) is 0.625. The Labute approximate surface area is 89.7 Å². The second kappa shape index (κ2) is 3.97. The molecule has 1 heterocycles. The maximum absolute atomic E-state index is 10.9. The van der Waals surface area contributed by atoms with Crippen molar-refractivity contribution in [3.63, 3.8) is 0 Å². The van der Waals surface area contributed by atoms with Gasteiger partial charge in [0.25, 0.3) is 5.72 Å². The Morgan fingerprint density at radius 1 is 1.19 bits per heavy atom. The molecule has 90 valence electrons. The number of likely N-dealkylation sites (tertiary alicyclic amines) is 1. The van der Waals surface area contributed by atoms with Crippen LogP contribution in [0.5, 0.6) is 0 Å². The number of hydrogen-bond donors (Lipinski definition) is 4. The van der Waals surface area contributed by atoms with Crippen molar-refractivity contribution in [1.29, 1.82) is 0 Å². The monoisotopic (exact) mass is 233 g/mol. The van der Waals surface area contributed by atoms with Gasteiger partial charge in [-0.15, -0.1) is 0 Å². The zero-order chi connectivity index (χ0) is 12.5. The van der Waals surface area contributed by atoms with Crippen LogP contribution in [0.15, 0.2) is 0 Å². The molecule has 0 aromatic carbocycles. The lowest BCUT2D eigenvalue weighted by molar-refractivity contribution is -0.204. The second-order valence-electron chi connectivity index (χ2n) is 3.50. The molecule has 2 atom stereocenters. The predicted molar refractivity (Wildman–Crippen MR) is 47.7 cm³/mol. The van der Waals surface area contributed by atoms with Gasteiger partial charge >= 0.3 is 18.0 Å². The highest BCUT2D eigenvalue weighted by atomic mass is 16.4. The van der Waals surface area contributed by atoms with Gasteiger partial charge in [-0.1, -0.05) is 0 Å². The van der Waals surface area contributed by atoms with Gasteiger partial charge in [0.15, 0.2) is 0 Å². The SMILES string of the molecule is O=C(O)C1CCCN(C(=O)O)C1(O)C(=O)O. The number of carbonyl (C=O) groups is 3. The van der Waals surface area contributed by atoms with E-state index in [1.807, 2.05) is 0 Å². The van der Waals surface area contributed by atoms with Crippen LogP contribution in [0.2, 0.25) is 0 Å². The zero-order valence-corrected chi connectivity index (χ0v) is 8.16. The van der Waals surface area contributed by atoms with Gasteiger partial charge in [-0.3, -0.25) is 9.69 Å². The summed E-state index contributed by atoms with van der Waals surface area (Å²) >= 11 is 0. The van der Waals surface area contributed by atoms with E-state index in [2.05, 4.69) is 0 Å². The first-order chi connectivity index (χ1) is 7.31. The molecule has 8 nitrogen and oxygen atoms in total. The second-order valence-corrected chi connectivity index (χ2v) is 3.50. The van der Waals surface area contributed by atoms with Crippen molar-refractivity contribution in [2.24, 2.45) is 5.92 Å². The summed E-state index contributed by atoms with van der Waals surface area (Å²) in [6, 6.07) is 0. The molecule has 1 amide bonds. The van der Waals surface area contributed by atoms with Gasteiger partial charge in [0.1, 0.15) is 5.92 Å². The molecule has 4 N–H and O–H groups in total. The van der Waals surface area contributed by atoms with Crippen LogP contribution in [0.1, 0.15) is 12.8 Å². The minimum absolute atomic E-state index is 0.0814. The number of rotatable bonds is 2. The third kappa shape index (κ3) is 1.67. The molecule has 2 unspecified atom stereocenters. The van der Waals surface area contributed by atoms with E-state index in [0.717, 1.165) is 0 Å². The number of amides is 1. The van der Waals surface area contributed by atoms with Crippen LogP contribution in [0.4, 0.5) is 4.79 Å². The number of carboxylic acids is 2. The van der Waals surface area contributed by atoms with Crippen LogP contribution in [-0.4, -0.2) is 55.6 Å². The molecular weight excluding hydrogens is 222 g/mol. The average molecular weight is 233 g/mol. The van der Waals surface area contributed by atoms with E-state index in [0.29, 0.717) is 0 Å². The summed E-state index contributed by atoms with van der Waals surface area (Å²) in [7, 11) is 0. The van der Waals surface area contributed by atoms with E-state index in [9.17, 15) is 19.5 Å². The van der Waals surface area contributed by atoms with E-state index in [1.165, 1.54) is 0 Å². The Bertz CT molecular complexity index is 317. The minimum Gasteiger partial charge on any atom is -0.481 e. The molecule has 1 saturated heterocycles. The van der Waals surface area contributed by atoms with Crippen molar-refractivity contribution < 1.29 is 34.8 Å². The van der Waals surface area contributed by atoms with Crippen LogP contribution in [0.3, 0.4) is 0 Å². The van der Waals surface area contributed by atoms with Crippen molar-refractivity contribution in [2.75, 3.05) is 6.54 Å². The van der Waals surface area contributed by atoms with Gasteiger partial charge in [0, 0.05) is 6.54 Å². The largest absolute Gasteiger partial charge is 0.481 e. The highest BCUT2D eigenvalue weighted by Crippen LogP contribution is 2.32. The first kappa shape index (κ1) is 12.2. The van der Waals surface area contributed by atoms with Gasteiger partial charge in [-0.2, -0.15) is 0 Å². The van der Waals surface area contributed by atoms with Crippen LogP contribution < -0.4 is 0 Å². The Morgan fingerprint density at radius 2 is 1.75 bits per heavy atom. The lowest BCUT2D eigenvalue weighted by Crippen LogP contribution is -2.65. The third-order valence-electron chi connectivity index (χ3n) is 2.62. The fourth-order valence-electron chi connectivity index (χ4n) is 1.81. The smallest absolute Gasteiger partial charge is 0.410 e. The number of carboxylic acid groups (broad SMARTS) is 3. The molecule has 0 radical (unpaired) electrons. The first-order valence-corrected chi connectivity index (χ1v) is 4.51. The number of piperidine rings is 1. The number of hydrogen-bond acceptors (Lipinski definition) is 4. The van der Waals surface area contributed by atoms with Crippen molar-refractivity contribution in [3.05, 3.63) is 0 Å². The van der Waals surface area contributed by atoms with Crippen molar-refractivity contribution in [1.82, 2.24) is 4.90 Å². The number of aliphatic carboxylic acids is 2. The molecule has 1 fully saturated rings. The fourth-order valence-corrected chi connectivity index (χ4v) is 1.81. The van der Waals surface area contributed by atoms with Crippen molar-refractivity contribution in [3.8, 4) is 0 Å². The molecule has 1 aliphatic rings. The predicted octanol–water partition coefficient (Wildman–Crippen LogP) is -0.766. The Hall–Kier alpha value is -1.83. The maximum atomic E-state index is 10.9. The average Bonchev–Trinajstić information content (AvgIpc) is 2.16. The lowest BCUT2D eigenvalue weighted by Gasteiger charge is -2.41. The highest BCUT2D eigenvalue weighted by molar-refractivity contribution is 5.88. The number of aliphatic hydroxyl groups is 1. The molecular formula is C8H11NO7. The van der Waals surface area contributed by atoms with Crippen molar-refractivity contribution in [2.45, 2.75) is 18.6 Å². The normalized spacial score (nSPS) is 29.8. The van der Waals surface area contributed by atoms with E-state index in [4.69, 9.17) is 15.3 Å². The minimum atomic E-state index is -2.89. The summed E-state index contributed by atoms with van der Waals surface area (Å²) in [5, 5.41) is 36.1. The third-order valence-corrected chi connectivity index (χ3v) is 2.62. The highest BCUT2D eigenvalue weighted by Gasteiger charge is 2.56. The maximum Gasteiger partial charge on any atom is 0.410 e. The Morgan fingerprint density at radius 3 is 2.12 bits per heavy atom. The molecule has 0 aromatic rings. The quantitative estimate of drug-likeness (QED) is 0.491. The van der Waals surface area contributed by atoms with E-state index in [-0.39, 0.29) is 24.3 Å². The molecule has 0 spiro atoms. The molecule has 16 heavy (non-hydrogen) atoms. The molecule has 0 aliphatic carbocycles. The summed E-state index contributed by atoms with van der Waals surface area (Å²) in [5.41, 5.74) is -2.89. The standard InChI is InChI=1S/C8H11NO7/c10-5(11)4-2-1-3-9(7(14)15)8(4,16)6(12)13/h4,16H,1-3H2,(H,10,11)(H,12,13)(H,14,15). The van der Waals surface area contributed by atoms with Gasteiger partial charge in [0.2, 0.25) is 0 Å². The summed E-state index contributed by atoms with van der Waals surface area (Å²) in [6.07, 6.45) is -1.54. The van der Waals surface area contributed by atoms with Crippen molar-refractivity contribution >= 4 is 18.0 Å².